The van der Waals surface area contributed by atoms with Crippen LogP contribution >= 0.6 is 23.5 Å². The highest BCUT2D eigenvalue weighted by atomic mass is 35.5. The van der Waals surface area contributed by atoms with Crippen molar-refractivity contribution in [2.45, 2.75) is 11.3 Å². The van der Waals surface area contributed by atoms with E-state index < -0.39 is 0 Å². The van der Waals surface area contributed by atoms with Gasteiger partial charge in [0.05, 0.1) is 23.1 Å². The molecule has 4 rings (SSSR count). The summed E-state index contributed by atoms with van der Waals surface area (Å²) in [6.07, 6.45) is 0.349. The van der Waals surface area contributed by atoms with Crippen LogP contribution < -0.4 is 11.1 Å². The van der Waals surface area contributed by atoms with Crippen LogP contribution in [-0.2, 0) is 6.42 Å². The van der Waals surface area contributed by atoms with Gasteiger partial charge in [-0.1, -0.05) is 35.9 Å². The van der Waals surface area contributed by atoms with Gasteiger partial charge in [0, 0.05) is 22.5 Å². The highest BCUT2D eigenvalue weighted by Crippen LogP contribution is 2.31. The van der Waals surface area contributed by atoms with Gasteiger partial charge in [-0.15, -0.1) is 5.10 Å². The molecule has 3 aromatic carbocycles. The first-order chi connectivity index (χ1) is 14.6. The predicted octanol–water partition coefficient (Wildman–Crippen LogP) is 4.90. The number of nitrogens with two attached hydrogens (primary N) is 1. The summed E-state index contributed by atoms with van der Waals surface area (Å²) in [6, 6.07) is 21.1. The number of rotatable bonds is 5. The SMILES string of the molecule is N#CCc1ccc2cccc(Sn3nc(Nc4ccc(C#N)c(Cl)c4)nc3N)c2c1. The zero-order chi connectivity index (χ0) is 21.1. The molecule has 30 heavy (non-hydrogen) atoms. The van der Waals surface area contributed by atoms with Gasteiger partial charge in [0.25, 0.3) is 0 Å². The number of nitrogens with zero attached hydrogens (tertiary/aromatic N) is 5. The van der Waals surface area contributed by atoms with Crippen LogP contribution in [0, 0.1) is 22.7 Å². The van der Waals surface area contributed by atoms with Crippen molar-refractivity contribution in [1.29, 1.82) is 10.5 Å². The van der Waals surface area contributed by atoms with Gasteiger partial charge >= 0.3 is 0 Å². The fourth-order valence-electron chi connectivity index (χ4n) is 2.91. The van der Waals surface area contributed by atoms with Crippen LogP contribution in [0.15, 0.2) is 59.5 Å². The first kappa shape index (κ1) is 19.6. The monoisotopic (exact) mass is 431 g/mol. The minimum Gasteiger partial charge on any atom is -0.367 e. The summed E-state index contributed by atoms with van der Waals surface area (Å²) in [4.78, 5) is 5.19. The van der Waals surface area contributed by atoms with E-state index in [9.17, 15) is 0 Å². The van der Waals surface area contributed by atoms with E-state index in [-0.39, 0.29) is 5.95 Å². The van der Waals surface area contributed by atoms with E-state index in [0.717, 1.165) is 21.2 Å². The van der Waals surface area contributed by atoms with Crippen molar-refractivity contribution < 1.29 is 0 Å². The van der Waals surface area contributed by atoms with E-state index in [4.69, 9.17) is 27.9 Å². The number of halogens is 1. The Balaban J connectivity index is 1.61. The number of fused-ring (bicyclic) bond motifs is 1. The lowest BCUT2D eigenvalue weighted by Gasteiger charge is -2.07. The lowest BCUT2D eigenvalue weighted by molar-refractivity contribution is 1.02. The van der Waals surface area contributed by atoms with Gasteiger partial charge in [0.1, 0.15) is 6.07 Å². The highest BCUT2D eigenvalue weighted by molar-refractivity contribution is 7.98. The van der Waals surface area contributed by atoms with Crippen LogP contribution in [0.3, 0.4) is 0 Å². The summed E-state index contributed by atoms with van der Waals surface area (Å²) >= 11 is 7.41. The van der Waals surface area contributed by atoms with Crippen LogP contribution in [0.4, 0.5) is 17.6 Å². The average molecular weight is 432 g/mol. The first-order valence-corrected chi connectivity index (χ1v) is 9.98. The van der Waals surface area contributed by atoms with E-state index in [2.05, 4.69) is 21.5 Å². The van der Waals surface area contributed by atoms with Gasteiger partial charge in [0.15, 0.2) is 0 Å². The molecule has 9 heteroatoms. The number of nitrogens with one attached hydrogen (secondary N) is 1. The highest BCUT2D eigenvalue weighted by Gasteiger charge is 2.12. The smallest absolute Gasteiger partial charge is 0.249 e. The number of hydrogen-bond donors (Lipinski definition) is 2. The van der Waals surface area contributed by atoms with Gasteiger partial charge in [-0.05, 0) is 46.7 Å². The summed E-state index contributed by atoms with van der Waals surface area (Å²) < 4.78 is 1.53. The molecule has 3 N–H and O–H groups in total. The maximum Gasteiger partial charge on any atom is 0.249 e. The zero-order valence-corrected chi connectivity index (χ0v) is 17.1. The maximum atomic E-state index is 8.98. The molecule has 0 saturated heterocycles. The Morgan fingerprint density at radius 2 is 2.00 bits per heavy atom. The van der Waals surface area contributed by atoms with Gasteiger partial charge in [0.2, 0.25) is 11.9 Å². The molecule has 1 heterocycles. The van der Waals surface area contributed by atoms with Gasteiger partial charge in [-0.25, -0.2) is 0 Å². The number of hydrogen-bond acceptors (Lipinski definition) is 7. The number of anilines is 3. The molecule has 0 spiro atoms. The quantitative estimate of drug-likeness (QED) is 0.461. The second kappa shape index (κ2) is 8.34. The van der Waals surface area contributed by atoms with Crippen LogP contribution in [-0.4, -0.2) is 14.2 Å². The fourth-order valence-corrected chi connectivity index (χ4v) is 3.98. The molecule has 0 aliphatic rings. The summed E-state index contributed by atoms with van der Waals surface area (Å²) in [5.74, 6) is 0.540. The lowest BCUT2D eigenvalue weighted by Crippen LogP contribution is -1.98. The van der Waals surface area contributed by atoms with Crippen LogP contribution in [0.1, 0.15) is 11.1 Å². The number of aromatic nitrogens is 3. The molecule has 0 radical (unpaired) electrons. The van der Waals surface area contributed by atoms with Crippen molar-refractivity contribution in [2.24, 2.45) is 0 Å². The summed E-state index contributed by atoms with van der Waals surface area (Å²) in [5.41, 5.74) is 8.04. The third kappa shape index (κ3) is 4.01. The molecule has 0 unspecified atom stereocenters. The Hall–Kier alpha value is -3.72. The minimum absolute atomic E-state index is 0.229. The Kier molecular flexibility index (Phi) is 5.44. The normalized spacial score (nSPS) is 10.5. The molecule has 4 aromatic rings. The van der Waals surface area contributed by atoms with Crippen molar-refractivity contribution >= 4 is 51.9 Å². The van der Waals surface area contributed by atoms with Crippen LogP contribution in [0.2, 0.25) is 5.02 Å². The fraction of sp³-hybridized carbons (Fsp3) is 0.0476. The predicted molar refractivity (Wildman–Crippen MR) is 118 cm³/mol. The summed E-state index contributed by atoms with van der Waals surface area (Å²) in [6.45, 7) is 0. The van der Waals surface area contributed by atoms with Crippen molar-refractivity contribution in [3.63, 3.8) is 0 Å². The Labute approximate surface area is 181 Å². The molecule has 1 aromatic heterocycles. The molecule has 0 fully saturated rings. The van der Waals surface area contributed by atoms with Crippen molar-refractivity contribution in [3.8, 4) is 12.1 Å². The molecule has 0 bridgehead atoms. The number of nitriles is 2. The van der Waals surface area contributed by atoms with E-state index in [1.54, 1.807) is 18.2 Å². The lowest BCUT2D eigenvalue weighted by atomic mass is 10.1. The molecule has 0 amide bonds. The van der Waals surface area contributed by atoms with Gasteiger partial charge < -0.3 is 11.1 Å². The van der Waals surface area contributed by atoms with Gasteiger partial charge in [-0.3, -0.25) is 0 Å². The molecule has 0 atom stereocenters. The van der Waals surface area contributed by atoms with Crippen LogP contribution in [0.25, 0.3) is 10.8 Å². The third-order valence-electron chi connectivity index (χ3n) is 4.32. The Morgan fingerprint density at radius 3 is 2.77 bits per heavy atom. The van der Waals surface area contributed by atoms with E-state index in [0.29, 0.717) is 28.6 Å². The Morgan fingerprint density at radius 1 is 1.13 bits per heavy atom. The standard InChI is InChI=1S/C21H14ClN7S/c22-18-11-16(7-6-15(18)12-24)26-21-27-20(25)29(28-21)30-19-3-1-2-14-5-4-13(8-9-23)10-17(14)19/h1-7,10-11H,8H2,(H3,25,26,27,28). The molecule has 7 nitrogen and oxygen atoms in total. The molecular formula is C21H14ClN7S. The molecule has 146 valence electrons. The van der Waals surface area contributed by atoms with Crippen molar-refractivity contribution in [2.75, 3.05) is 11.1 Å². The maximum absolute atomic E-state index is 8.98. The molecule has 0 aliphatic heterocycles. The molecule has 0 aliphatic carbocycles. The minimum atomic E-state index is 0.229. The van der Waals surface area contributed by atoms with Crippen molar-refractivity contribution in [3.05, 3.63) is 70.7 Å². The van der Waals surface area contributed by atoms with E-state index in [1.165, 1.54) is 16.0 Å². The number of nitrogen functional groups attached to an aromatic ring is 1. The van der Waals surface area contributed by atoms with E-state index in [1.807, 2.05) is 42.5 Å². The number of benzene rings is 3. The van der Waals surface area contributed by atoms with Crippen LogP contribution in [0.5, 0.6) is 0 Å². The average Bonchev–Trinajstić information content (AvgIpc) is 3.07. The summed E-state index contributed by atoms with van der Waals surface area (Å²) in [7, 11) is 0. The Bertz CT molecular complexity index is 1330. The summed E-state index contributed by atoms with van der Waals surface area (Å²) in [5, 5.41) is 27.8. The molecular weight excluding hydrogens is 418 g/mol. The van der Waals surface area contributed by atoms with Gasteiger partial charge in [-0.2, -0.15) is 19.6 Å². The second-order valence-electron chi connectivity index (χ2n) is 6.34. The largest absolute Gasteiger partial charge is 0.367 e. The topological polar surface area (TPSA) is 116 Å². The first-order valence-electron chi connectivity index (χ1n) is 8.83. The van der Waals surface area contributed by atoms with Crippen molar-refractivity contribution in [1.82, 2.24) is 14.2 Å². The second-order valence-corrected chi connectivity index (χ2v) is 7.71. The zero-order valence-electron chi connectivity index (χ0n) is 15.5. The van der Waals surface area contributed by atoms with E-state index >= 15 is 0 Å². The molecule has 0 saturated carbocycles. The third-order valence-corrected chi connectivity index (χ3v) is 5.63.